The molecule has 0 aliphatic rings. The first kappa shape index (κ1) is 14.9. The maximum Gasteiger partial charge on any atom is 0.163 e. The van der Waals surface area contributed by atoms with Crippen LogP contribution in [0.5, 0.6) is 17.2 Å². The molecule has 110 valence electrons. The van der Waals surface area contributed by atoms with Crippen LogP contribution in [0.2, 0.25) is 0 Å². The van der Waals surface area contributed by atoms with E-state index in [9.17, 15) is 0 Å². The van der Waals surface area contributed by atoms with E-state index in [0.717, 1.165) is 17.9 Å². The van der Waals surface area contributed by atoms with E-state index in [1.807, 2.05) is 48.5 Å². The van der Waals surface area contributed by atoms with E-state index < -0.39 is 0 Å². The fourth-order valence-electron chi connectivity index (χ4n) is 1.82. The first-order valence-corrected chi connectivity index (χ1v) is 6.79. The number of hydrogen-bond donors (Lipinski definition) is 0. The summed E-state index contributed by atoms with van der Waals surface area (Å²) in [5.41, 5.74) is 0.756. The molecule has 0 spiro atoms. The fraction of sp³-hybridized carbons (Fsp3) is 0.235. The molecule has 2 rings (SSSR count). The van der Waals surface area contributed by atoms with Crippen LogP contribution in [0.25, 0.3) is 0 Å². The van der Waals surface area contributed by atoms with E-state index in [-0.39, 0.29) is 0 Å². The second-order valence-electron chi connectivity index (χ2n) is 4.36. The van der Waals surface area contributed by atoms with Gasteiger partial charge in [0.05, 0.1) is 26.0 Å². The predicted molar refractivity (Wildman–Crippen MR) is 84.3 cm³/mol. The molecular formula is C17H19NO3. The van der Waals surface area contributed by atoms with Crippen molar-refractivity contribution in [3.05, 3.63) is 48.5 Å². The molecule has 0 bridgehead atoms. The maximum atomic E-state index is 5.72. The monoisotopic (exact) mass is 285 g/mol. The highest BCUT2D eigenvalue weighted by atomic mass is 16.5. The average molecular weight is 285 g/mol. The van der Waals surface area contributed by atoms with E-state index in [0.29, 0.717) is 24.7 Å². The number of methoxy groups -OCH3 is 1. The van der Waals surface area contributed by atoms with Crippen LogP contribution in [-0.2, 0) is 0 Å². The number of rotatable bonds is 8. The summed E-state index contributed by atoms with van der Waals surface area (Å²) in [5, 5.41) is 0. The van der Waals surface area contributed by atoms with Gasteiger partial charge in [0.1, 0.15) is 5.75 Å². The lowest BCUT2D eigenvalue weighted by molar-refractivity contribution is 0.240. The summed E-state index contributed by atoms with van der Waals surface area (Å²) < 4.78 is 16.6. The van der Waals surface area contributed by atoms with Gasteiger partial charge in [0.2, 0.25) is 0 Å². The lowest BCUT2D eigenvalue weighted by Gasteiger charge is -2.11. The van der Waals surface area contributed by atoms with Crippen molar-refractivity contribution < 1.29 is 14.2 Å². The van der Waals surface area contributed by atoms with Gasteiger partial charge in [-0.1, -0.05) is 18.2 Å². The Morgan fingerprint density at radius 2 is 1.71 bits per heavy atom. The van der Waals surface area contributed by atoms with Gasteiger partial charge in [-0.25, -0.2) is 0 Å². The first-order chi connectivity index (χ1) is 10.3. The first-order valence-electron chi connectivity index (χ1n) is 6.79. The van der Waals surface area contributed by atoms with Crippen LogP contribution in [0.15, 0.2) is 53.5 Å². The van der Waals surface area contributed by atoms with Crippen LogP contribution in [0, 0.1) is 0 Å². The number of para-hydroxylation sites is 1. The summed E-state index contributed by atoms with van der Waals surface area (Å²) in [6, 6.07) is 15.2. The molecule has 0 N–H and O–H groups in total. The molecule has 4 nitrogen and oxygen atoms in total. The highest BCUT2D eigenvalue weighted by Gasteiger charge is 2.05. The Balaban J connectivity index is 1.79. The van der Waals surface area contributed by atoms with Crippen LogP contribution in [0.4, 0.5) is 5.69 Å². The summed E-state index contributed by atoms with van der Waals surface area (Å²) in [7, 11) is 1.61. The summed E-state index contributed by atoms with van der Waals surface area (Å²) in [6.07, 6.45) is 0.782. The predicted octanol–water partition coefficient (Wildman–Crippen LogP) is 3.88. The molecule has 2 aromatic rings. The van der Waals surface area contributed by atoms with Crippen LogP contribution in [0.3, 0.4) is 0 Å². The number of nitrogens with zero attached hydrogens (tertiary/aromatic N) is 1. The molecule has 0 saturated carbocycles. The van der Waals surface area contributed by atoms with Crippen molar-refractivity contribution in [1.82, 2.24) is 0 Å². The van der Waals surface area contributed by atoms with Crippen molar-refractivity contribution in [2.75, 3.05) is 20.3 Å². The van der Waals surface area contributed by atoms with Gasteiger partial charge >= 0.3 is 0 Å². The molecule has 0 fully saturated rings. The molecule has 0 aliphatic carbocycles. The SMILES string of the molecule is C=Nc1ccc(OC)c(OCCCOc2ccccc2)c1. The Hall–Kier alpha value is -2.49. The normalized spacial score (nSPS) is 9.95. The zero-order chi connectivity index (χ0) is 14.9. The fourth-order valence-corrected chi connectivity index (χ4v) is 1.82. The Bertz CT molecular complexity index is 570. The Kier molecular flexibility index (Phi) is 5.64. The number of benzene rings is 2. The molecule has 0 atom stereocenters. The molecule has 0 saturated heterocycles. The Morgan fingerprint density at radius 3 is 2.43 bits per heavy atom. The lowest BCUT2D eigenvalue weighted by Crippen LogP contribution is -2.05. The van der Waals surface area contributed by atoms with Crippen molar-refractivity contribution in [2.45, 2.75) is 6.42 Å². The number of aliphatic imine (C=N–C) groups is 1. The van der Waals surface area contributed by atoms with Gasteiger partial charge in [-0.2, -0.15) is 0 Å². The molecule has 4 heteroatoms. The summed E-state index contributed by atoms with van der Waals surface area (Å²) in [4.78, 5) is 3.88. The smallest absolute Gasteiger partial charge is 0.163 e. The summed E-state index contributed by atoms with van der Waals surface area (Å²) >= 11 is 0. The third kappa shape index (κ3) is 4.53. The lowest BCUT2D eigenvalue weighted by atomic mass is 10.3. The molecule has 21 heavy (non-hydrogen) atoms. The zero-order valence-corrected chi connectivity index (χ0v) is 12.1. The highest BCUT2D eigenvalue weighted by Crippen LogP contribution is 2.31. The highest BCUT2D eigenvalue weighted by molar-refractivity contribution is 5.54. The molecule has 0 radical (unpaired) electrons. The van der Waals surface area contributed by atoms with Crippen molar-refractivity contribution in [3.8, 4) is 17.2 Å². The van der Waals surface area contributed by atoms with E-state index in [2.05, 4.69) is 11.7 Å². The van der Waals surface area contributed by atoms with Crippen LogP contribution < -0.4 is 14.2 Å². The van der Waals surface area contributed by atoms with E-state index in [1.54, 1.807) is 7.11 Å². The van der Waals surface area contributed by atoms with Gasteiger partial charge in [-0.3, -0.25) is 4.99 Å². The quantitative estimate of drug-likeness (QED) is 0.546. The second-order valence-corrected chi connectivity index (χ2v) is 4.36. The third-order valence-corrected chi connectivity index (χ3v) is 2.89. The van der Waals surface area contributed by atoms with Crippen LogP contribution >= 0.6 is 0 Å². The van der Waals surface area contributed by atoms with Crippen LogP contribution in [-0.4, -0.2) is 27.0 Å². The van der Waals surface area contributed by atoms with Gasteiger partial charge in [0.15, 0.2) is 11.5 Å². The molecule has 0 unspecified atom stereocenters. The van der Waals surface area contributed by atoms with E-state index in [4.69, 9.17) is 14.2 Å². The van der Waals surface area contributed by atoms with Crippen molar-refractivity contribution in [1.29, 1.82) is 0 Å². The minimum Gasteiger partial charge on any atom is -0.493 e. The molecule has 0 amide bonds. The van der Waals surface area contributed by atoms with Crippen LogP contribution in [0.1, 0.15) is 6.42 Å². The van der Waals surface area contributed by atoms with Gasteiger partial charge < -0.3 is 14.2 Å². The molecule has 0 aliphatic heterocycles. The topological polar surface area (TPSA) is 40.0 Å². The van der Waals surface area contributed by atoms with Gasteiger partial charge in [-0.15, -0.1) is 0 Å². The van der Waals surface area contributed by atoms with Gasteiger partial charge in [0.25, 0.3) is 0 Å². The second kappa shape index (κ2) is 7.94. The minimum atomic E-state index is 0.545. The zero-order valence-electron chi connectivity index (χ0n) is 12.1. The summed E-state index contributed by atoms with van der Waals surface area (Å²) in [6.45, 7) is 4.65. The van der Waals surface area contributed by atoms with Gasteiger partial charge in [-0.05, 0) is 31.0 Å². The van der Waals surface area contributed by atoms with Crippen molar-refractivity contribution in [2.24, 2.45) is 4.99 Å². The maximum absolute atomic E-state index is 5.72. The molecule has 0 heterocycles. The summed E-state index contributed by atoms with van der Waals surface area (Å²) in [5.74, 6) is 2.22. The molecule has 0 aromatic heterocycles. The standard InChI is InChI=1S/C17H19NO3/c1-18-14-9-10-16(19-2)17(13-14)21-12-6-11-20-15-7-4-3-5-8-15/h3-5,7-10,13H,1,6,11-12H2,2H3. The third-order valence-electron chi connectivity index (χ3n) is 2.89. The number of ether oxygens (including phenoxy) is 3. The molecule has 2 aromatic carbocycles. The van der Waals surface area contributed by atoms with Crippen molar-refractivity contribution >= 4 is 12.4 Å². The number of hydrogen-bond acceptors (Lipinski definition) is 4. The van der Waals surface area contributed by atoms with E-state index >= 15 is 0 Å². The van der Waals surface area contributed by atoms with E-state index in [1.165, 1.54) is 0 Å². The molecular weight excluding hydrogens is 266 g/mol. The largest absolute Gasteiger partial charge is 0.493 e. The Morgan fingerprint density at radius 1 is 0.952 bits per heavy atom. The van der Waals surface area contributed by atoms with Crippen molar-refractivity contribution in [3.63, 3.8) is 0 Å². The minimum absolute atomic E-state index is 0.545. The average Bonchev–Trinajstić information content (AvgIpc) is 2.55. The Labute approximate surface area is 125 Å². The van der Waals surface area contributed by atoms with Gasteiger partial charge in [0, 0.05) is 12.5 Å².